The average molecular weight is 252 g/mol. The van der Waals surface area contributed by atoms with Crippen molar-refractivity contribution < 1.29 is 19.4 Å². The summed E-state index contributed by atoms with van der Waals surface area (Å²) in [5, 5.41) is 8.81. The van der Waals surface area contributed by atoms with Crippen molar-refractivity contribution >= 4 is 11.9 Å². The number of hydrogen-bond donors (Lipinski definition) is 1. The van der Waals surface area contributed by atoms with Gasteiger partial charge in [-0.2, -0.15) is 0 Å². The second-order valence-corrected chi connectivity index (χ2v) is 3.98. The van der Waals surface area contributed by atoms with Crippen LogP contribution >= 0.6 is 0 Å². The lowest BCUT2D eigenvalue weighted by Crippen LogP contribution is -2.40. The Morgan fingerprint density at radius 3 is 2.67 bits per heavy atom. The number of amides is 1. The topological polar surface area (TPSA) is 79.7 Å². The molecule has 1 aromatic heterocycles. The Balaban J connectivity index is 3.05. The summed E-state index contributed by atoms with van der Waals surface area (Å²) in [6.07, 6.45) is 1.51. The van der Waals surface area contributed by atoms with E-state index in [4.69, 9.17) is 9.84 Å². The minimum atomic E-state index is -1.06. The minimum absolute atomic E-state index is 0.193. The van der Waals surface area contributed by atoms with Crippen LogP contribution in [0.15, 0.2) is 18.3 Å². The fourth-order valence-electron chi connectivity index (χ4n) is 1.51. The Hall–Kier alpha value is -2.11. The number of rotatable bonds is 5. The summed E-state index contributed by atoms with van der Waals surface area (Å²) in [7, 11) is 1.41. The third-order valence-electron chi connectivity index (χ3n) is 2.38. The highest BCUT2D eigenvalue weighted by atomic mass is 16.5. The van der Waals surface area contributed by atoms with Gasteiger partial charge in [0, 0.05) is 12.2 Å². The number of carbonyl (C=O) groups is 2. The number of aliphatic carboxylic acids is 1. The third-order valence-corrected chi connectivity index (χ3v) is 2.38. The molecule has 18 heavy (non-hydrogen) atoms. The van der Waals surface area contributed by atoms with Crippen LogP contribution < -0.4 is 4.74 Å². The van der Waals surface area contributed by atoms with E-state index < -0.39 is 11.9 Å². The minimum Gasteiger partial charge on any atom is -0.480 e. The molecule has 0 fully saturated rings. The maximum absolute atomic E-state index is 12.2. The smallest absolute Gasteiger partial charge is 0.323 e. The molecular weight excluding hydrogens is 236 g/mol. The normalized spacial score (nSPS) is 10.2. The zero-order chi connectivity index (χ0) is 13.7. The number of methoxy groups -OCH3 is 1. The lowest BCUT2D eigenvalue weighted by molar-refractivity contribution is -0.138. The van der Waals surface area contributed by atoms with Gasteiger partial charge in [0.1, 0.15) is 12.1 Å². The quantitative estimate of drug-likeness (QED) is 0.846. The number of aromatic nitrogens is 1. The molecule has 1 N–H and O–H groups in total. The van der Waals surface area contributed by atoms with Crippen LogP contribution in [0.4, 0.5) is 0 Å². The van der Waals surface area contributed by atoms with Gasteiger partial charge in [0.15, 0.2) is 0 Å². The molecule has 0 spiro atoms. The molecule has 0 aliphatic rings. The van der Waals surface area contributed by atoms with Crippen molar-refractivity contribution in [1.82, 2.24) is 9.88 Å². The molecule has 1 rings (SSSR count). The molecule has 0 unspecified atom stereocenters. The number of ether oxygens (including phenoxy) is 1. The first-order valence-electron chi connectivity index (χ1n) is 5.49. The van der Waals surface area contributed by atoms with Gasteiger partial charge in [-0.3, -0.25) is 9.59 Å². The first kappa shape index (κ1) is 14.0. The van der Waals surface area contributed by atoms with E-state index in [1.807, 2.05) is 0 Å². The lowest BCUT2D eigenvalue weighted by Gasteiger charge is -2.25. The second kappa shape index (κ2) is 6.00. The average Bonchev–Trinajstić information content (AvgIpc) is 2.34. The fourth-order valence-corrected chi connectivity index (χ4v) is 1.51. The highest BCUT2D eigenvalue weighted by Gasteiger charge is 2.24. The van der Waals surface area contributed by atoms with Crippen molar-refractivity contribution in [2.75, 3.05) is 13.7 Å². The van der Waals surface area contributed by atoms with Crippen molar-refractivity contribution in [3.05, 3.63) is 23.9 Å². The number of nitrogens with zero attached hydrogens (tertiary/aromatic N) is 2. The van der Waals surface area contributed by atoms with E-state index in [2.05, 4.69) is 4.98 Å². The summed E-state index contributed by atoms with van der Waals surface area (Å²) in [6, 6.07) is 2.94. The zero-order valence-corrected chi connectivity index (χ0v) is 10.6. The summed E-state index contributed by atoms with van der Waals surface area (Å²) in [6.45, 7) is 3.15. The summed E-state index contributed by atoms with van der Waals surface area (Å²) in [5.41, 5.74) is 0.259. The molecule has 0 atom stereocenters. The Bertz CT molecular complexity index is 445. The molecule has 0 saturated carbocycles. The number of carboxylic acids is 1. The van der Waals surface area contributed by atoms with Crippen LogP contribution in [0.2, 0.25) is 0 Å². The van der Waals surface area contributed by atoms with Crippen LogP contribution in [0.25, 0.3) is 0 Å². The van der Waals surface area contributed by atoms with Crippen molar-refractivity contribution in [2.24, 2.45) is 0 Å². The first-order chi connectivity index (χ1) is 8.47. The van der Waals surface area contributed by atoms with Crippen molar-refractivity contribution in [1.29, 1.82) is 0 Å². The molecule has 1 amide bonds. The third kappa shape index (κ3) is 3.19. The first-order valence-corrected chi connectivity index (χ1v) is 5.49. The molecule has 1 heterocycles. The van der Waals surface area contributed by atoms with Gasteiger partial charge in [0.25, 0.3) is 5.91 Å². The Kier molecular flexibility index (Phi) is 4.65. The Morgan fingerprint density at radius 2 is 2.17 bits per heavy atom. The van der Waals surface area contributed by atoms with Crippen LogP contribution in [0.3, 0.4) is 0 Å². The molecular formula is C12H16N2O4. The molecule has 1 aromatic rings. The zero-order valence-electron chi connectivity index (χ0n) is 10.6. The van der Waals surface area contributed by atoms with Gasteiger partial charge >= 0.3 is 5.97 Å². The number of carbonyl (C=O) groups excluding carboxylic acids is 1. The van der Waals surface area contributed by atoms with Gasteiger partial charge in [-0.15, -0.1) is 0 Å². The predicted octanol–water partition coefficient (Wildman–Crippen LogP) is 1.03. The van der Waals surface area contributed by atoms with E-state index in [-0.39, 0.29) is 24.0 Å². The van der Waals surface area contributed by atoms with E-state index in [0.717, 1.165) is 0 Å². The number of hydrogen-bond acceptors (Lipinski definition) is 4. The van der Waals surface area contributed by atoms with Crippen LogP contribution in [0, 0.1) is 0 Å². The highest BCUT2D eigenvalue weighted by Crippen LogP contribution is 2.17. The van der Waals surface area contributed by atoms with Crippen LogP contribution in [0.5, 0.6) is 5.88 Å². The number of pyridine rings is 1. The van der Waals surface area contributed by atoms with Crippen molar-refractivity contribution in [2.45, 2.75) is 19.9 Å². The van der Waals surface area contributed by atoms with Crippen molar-refractivity contribution in [3.63, 3.8) is 0 Å². The number of carboxylic acid groups (broad SMARTS) is 1. The highest BCUT2D eigenvalue weighted by molar-refractivity contribution is 5.97. The van der Waals surface area contributed by atoms with Crippen molar-refractivity contribution in [3.8, 4) is 5.88 Å². The standard InChI is InChI=1S/C12H16N2O4/c1-8(2)14(7-10(15)16)12(17)9-5-4-6-13-11(9)18-3/h4-6,8H,7H2,1-3H3,(H,15,16). The van der Waals surface area contributed by atoms with E-state index >= 15 is 0 Å². The van der Waals surface area contributed by atoms with E-state index in [1.165, 1.54) is 18.2 Å². The molecule has 0 aliphatic carbocycles. The maximum atomic E-state index is 12.2. The molecule has 0 radical (unpaired) electrons. The molecule has 0 saturated heterocycles. The van der Waals surface area contributed by atoms with Gasteiger partial charge in [-0.1, -0.05) is 0 Å². The van der Waals surface area contributed by atoms with E-state index in [1.54, 1.807) is 26.0 Å². The molecule has 98 valence electrons. The summed E-state index contributed by atoms with van der Waals surface area (Å²) >= 11 is 0. The van der Waals surface area contributed by atoms with Gasteiger partial charge < -0.3 is 14.7 Å². The fraction of sp³-hybridized carbons (Fsp3) is 0.417. The maximum Gasteiger partial charge on any atom is 0.323 e. The summed E-state index contributed by atoms with van der Waals surface area (Å²) in [5.74, 6) is -1.27. The largest absolute Gasteiger partial charge is 0.480 e. The molecule has 0 aromatic carbocycles. The van der Waals surface area contributed by atoms with Gasteiger partial charge in [-0.25, -0.2) is 4.98 Å². The SMILES string of the molecule is COc1ncccc1C(=O)N(CC(=O)O)C(C)C. The Labute approximate surface area is 105 Å². The molecule has 6 heteroatoms. The van der Waals surface area contributed by atoms with Gasteiger partial charge in [0.2, 0.25) is 5.88 Å². The van der Waals surface area contributed by atoms with Crippen LogP contribution in [-0.4, -0.2) is 46.6 Å². The Morgan fingerprint density at radius 1 is 1.50 bits per heavy atom. The molecule has 6 nitrogen and oxygen atoms in total. The van der Waals surface area contributed by atoms with Crippen LogP contribution in [0.1, 0.15) is 24.2 Å². The van der Waals surface area contributed by atoms with E-state index in [0.29, 0.717) is 0 Å². The summed E-state index contributed by atoms with van der Waals surface area (Å²) in [4.78, 5) is 28.2. The predicted molar refractivity (Wildman–Crippen MR) is 64.6 cm³/mol. The van der Waals surface area contributed by atoms with E-state index in [9.17, 15) is 9.59 Å². The second-order valence-electron chi connectivity index (χ2n) is 3.98. The summed E-state index contributed by atoms with van der Waals surface area (Å²) < 4.78 is 5.00. The van der Waals surface area contributed by atoms with Gasteiger partial charge in [-0.05, 0) is 26.0 Å². The molecule has 0 bridgehead atoms. The van der Waals surface area contributed by atoms with Crippen LogP contribution in [-0.2, 0) is 4.79 Å². The molecule has 0 aliphatic heterocycles. The monoisotopic (exact) mass is 252 g/mol. The van der Waals surface area contributed by atoms with Gasteiger partial charge in [0.05, 0.1) is 7.11 Å². The lowest BCUT2D eigenvalue weighted by atomic mass is 10.2.